The topological polar surface area (TPSA) is 54.0 Å². The van der Waals surface area contributed by atoms with Crippen LogP contribution in [0.2, 0.25) is 0 Å². The Hall–Kier alpha value is -1.75. The van der Waals surface area contributed by atoms with E-state index in [9.17, 15) is 4.79 Å². The van der Waals surface area contributed by atoms with Gasteiger partial charge in [-0.3, -0.25) is 0 Å². The molecule has 0 aromatic heterocycles. The predicted octanol–water partition coefficient (Wildman–Crippen LogP) is 1.50. The lowest BCUT2D eigenvalue weighted by atomic mass is 10.2. The second-order valence-electron chi connectivity index (χ2n) is 3.49. The van der Waals surface area contributed by atoms with Gasteiger partial charge in [0.25, 0.3) is 0 Å². The van der Waals surface area contributed by atoms with E-state index in [1.807, 2.05) is 13.0 Å². The Balaban J connectivity index is 1.85. The second-order valence-corrected chi connectivity index (χ2v) is 3.49. The van der Waals surface area contributed by atoms with Gasteiger partial charge in [-0.15, -0.1) is 0 Å². The molecule has 0 radical (unpaired) electrons. The minimum atomic E-state index is -0.371. The largest absolute Gasteiger partial charge is 0.459 e. The van der Waals surface area contributed by atoms with Gasteiger partial charge in [0.2, 0.25) is 6.79 Å². The molecule has 2 rings (SSSR count). The molecule has 5 nitrogen and oxygen atoms in total. The number of carbonyl (C=O) groups excluding carboxylic acids is 1. The van der Waals surface area contributed by atoms with Crippen molar-refractivity contribution in [3.8, 4) is 11.5 Å². The average Bonchev–Trinajstić information content (AvgIpc) is 2.81. The van der Waals surface area contributed by atoms with Gasteiger partial charge in [0.15, 0.2) is 11.5 Å². The molecule has 1 aliphatic heterocycles. The average molecular weight is 238 g/mol. The van der Waals surface area contributed by atoms with Gasteiger partial charge in [0.05, 0.1) is 0 Å². The monoisotopic (exact) mass is 238 g/mol. The smallest absolute Gasteiger partial charge is 0.332 e. The molecular weight excluding hydrogens is 224 g/mol. The van der Waals surface area contributed by atoms with Crippen LogP contribution >= 0.6 is 0 Å². The molecule has 0 saturated carbocycles. The number of hydrogen-bond acceptors (Lipinski definition) is 5. The summed E-state index contributed by atoms with van der Waals surface area (Å²) in [4.78, 5) is 11.2. The quantitative estimate of drug-likeness (QED) is 0.727. The molecule has 5 heteroatoms. The van der Waals surface area contributed by atoms with Gasteiger partial charge in [-0.1, -0.05) is 6.07 Å². The van der Waals surface area contributed by atoms with E-state index in [-0.39, 0.29) is 26.0 Å². The molecule has 0 saturated heterocycles. The third-order valence-electron chi connectivity index (χ3n) is 2.26. The van der Waals surface area contributed by atoms with Crippen molar-refractivity contribution in [1.29, 1.82) is 0 Å². The van der Waals surface area contributed by atoms with Crippen LogP contribution in [0.25, 0.3) is 0 Å². The Kier molecular flexibility index (Phi) is 3.82. The molecule has 1 aromatic carbocycles. The Bertz CT molecular complexity index is 402. The highest BCUT2D eigenvalue weighted by Crippen LogP contribution is 2.32. The van der Waals surface area contributed by atoms with E-state index in [0.717, 1.165) is 11.3 Å². The Morgan fingerprint density at radius 3 is 3.00 bits per heavy atom. The van der Waals surface area contributed by atoms with E-state index >= 15 is 0 Å². The van der Waals surface area contributed by atoms with Crippen LogP contribution in [0.4, 0.5) is 0 Å². The maximum atomic E-state index is 11.2. The lowest BCUT2D eigenvalue weighted by Crippen LogP contribution is -2.12. The summed E-state index contributed by atoms with van der Waals surface area (Å²) in [6, 6.07) is 5.44. The molecule has 0 unspecified atom stereocenters. The number of ether oxygens (including phenoxy) is 4. The van der Waals surface area contributed by atoms with Crippen LogP contribution < -0.4 is 9.47 Å². The standard InChI is InChI=1S/C12H14O5/c1-2-14-7-12(13)15-6-9-3-4-10-11(5-9)17-8-16-10/h3-5H,2,6-8H2,1H3. The highest BCUT2D eigenvalue weighted by molar-refractivity contribution is 5.70. The number of rotatable bonds is 5. The summed E-state index contributed by atoms with van der Waals surface area (Å²) < 4.78 is 20.4. The molecule has 0 bridgehead atoms. The van der Waals surface area contributed by atoms with Gasteiger partial charge < -0.3 is 18.9 Å². The zero-order valence-corrected chi connectivity index (χ0v) is 9.60. The van der Waals surface area contributed by atoms with Crippen LogP contribution in [0, 0.1) is 0 Å². The van der Waals surface area contributed by atoms with Crippen molar-refractivity contribution in [2.75, 3.05) is 20.0 Å². The van der Waals surface area contributed by atoms with Crippen molar-refractivity contribution in [2.45, 2.75) is 13.5 Å². The molecular formula is C12H14O5. The molecule has 0 spiro atoms. The number of esters is 1. The van der Waals surface area contributed by atoms with Crippen molar-refractivity contribution >= 4 is 5.97 Å². The fraction of sp³-hybridized carbons (Fsp3) is 0.417. The first-order valence-electron chi connectivity index (χ1n) is 5.41. The van der Waals surface area contributed by atoms with Gasteiger partial charge >= 0.3 is 5.97 Å². The summed E-state index contributed by atoms with van der Waals surface area (Å²) in [7, 11) is 0. The van der Waals surface area contributed by atoms with E-state index in [2.05, 4.69) is 0 Å². The van der Waals surface area contributed by atoms with Gasteiger partial charge in [-0.05, 0) is 24.6 Å². The molecule has 0 atom stereocenters. The summed E-state index contributed by atoms with van der Waals surface area (Å²) in [5.74, 6) is 1.03. The maximum absolute atomic E-state index is 11.2. The number of benzene rings is 1. The van der Waals surface area contributed by atoms with Gasteiger partial charge in [-0.25, -0.2) is 4.79 Å². The minimum Gasteiger partial charge on any atom is -0.459 e. The highest BCUT2D eigenvalue weighted by Gasteiger charge is 2.13. The zero-order chi connectivity index (χ0) is 12.1. The predicted molar refractivity (Wildman–Crippen MR) is 58.9 cm³/mol. The summed E-state index contributed by atoms with van der Waals surface area (Å²) in [5.41, 5.74) is 0.860. The third kappa shape index (κ3) is 3.10. The summed E-state index contributed by atoms with van der Waals surface area (Å²) in [6.07, 6.45) is 0. The van der Waals surface area contributed by atoms with Crippen LogP contribution in [0.5, 0.6) is 11.5 Å². The molecule has 1 heterocycles. The van der Waals surface area contributed by atoms with Crippen LogP contribution in [-0.2, 0) is 20.9 Å². The van der Waals surface area contributed by atoms with E-state index < -0.39 is 0 Å². The van der Waals surface area contributed by atoms with Crippen LogP contribution in [0.15, 0.2) is 18.2 Å². The number of hydrogen-bond donors (Lipinski definition) is 0. The molecule has 1 aromatic rings. The first-order valence-corrected chi connectivity index (χ1v) is 5.41. The lowest BCUT2D eigenvalue weighted by molar-refractivity contribution is -0.150. The lowest BCUT2D eigenvalue weighted by Gasteiger charge is -2.05. The van der Waals surface area contributed by atoms with Crippen LogP contribution in [0.3, 0.4) is 0 Å². The van der Waals surface area contributed by atoms with Crippen molar-refractivity contribution in [2.24, 2.45) is 0 Å². The Morgan fingerprint density at radius 2 is 2.18 bits per heavy atom. The van der Waals surface area contributed by atoms with Crippen molar-refractivity contribution in [3.05, 3.63) is 23.8 Å². The Morgan fingerprint density at radius 1 is 1.35 bits per heavy atom. The molecule has 0 amide bonds. The summed E-state index contributed by atoms with van der Waals surface area (Å²) in [5, 5.41) is 0. The normalized spacial score (nSPS) is 12.5. The summed E-state index contributed by atoms with van der Waals surface area (Å²) >= 11 is 0. The third-order valence-corrected chi connectivity index (χ3v) is 2.26. The van der Waals surface area contributed by atoms with Crippen molar-refractivity contribution in [1.82, 2.24) is 0 Å². The van der Waals surface area contributed by atoms with Crippen LogP contribution in [-0.4, -0.2) is 26.0 Å². The molecule has 1 aliphatic rings. The van der Waals surface area contributed by atoms with Gasteiger partial charge in [0, 0.05) is 6.61 Å². The fourth-order valence-corrected chi connectivity index (χ4v) is 1.42. The van der Waals surface area contributed by atoms with E-state index in [1.165, 1.54) is 0 Å². The molecule has 92 valence electrons. The number of fused-ring (bicyclic) bond motifs is 1. The minimum absolute atomic E-state index is 0.0128. The first kappa shape index (κ1) is 11.7. The molecule has 17 heavy (non-hydrogen) atoms. The SMILES string of the molecule is CCOCC(=O)OCc1ccc2c(c1)OCO2. The van der Waals surface area contributed by atoms with Crippen LogP contribution in [0.1, 0.15) is 12.5 Å². The zero-order valence-electron chi connectivity index (χ0n) is 9.60. The molecule has 0 aliphatic carbocycles. The second kappa shape index (κ2) is 5.54. The van der Waals surface area contributed by atoms with Crippen molar-refractivity contribution < 1.29 is 23.7 Å². The first-order chi connectivity index (χ1) is 8.29. The summed E-state index contributed by atoms with van der Waals surface area (Å²) in [6.45, 7) is 2.76. The molecule has 0 N–H and O–H groups in total. The van der Waals surface area contributed by atoms with E-state index in [0.29, 0.717) is 12.4 Å². The number of carbonyl (C=O) groups is 1. The highest BCUT2D eigenvalue weighted by atomic mass is 16.7. The van der Waals surface area contributed by atoms with E-state index in [1.54, 1.807) is 12.1 Å². The van der Waals surface area contributed by atoms with Gasteiger partial charge in [0.1, 0.15) is 13.2 Å². The van der Waals surface area contributed by atoms with Crippen molar-refractivity contribution in [3.63, 3.8) is 0 Å². The maximum Gasteiger partial charge on any atom is 0.332 e. The van der Waals surface area contributed by atoms with Gasteiger partial charge in [-0.2, -0.15) is 0 Å². The molecule has 0 fully saturated rings. The fourth-order valence-electron chi connectivity index (χ4n) is 1.42. The van der Waals surface area contributed by atoms with E-state index in [4.69, 9.17) is 18.9 Å². The Labute approximate surface area is 99.2 Å².